The minimum absolute atomic E-state index is 0.105. The van der Waals surface area contributed by atoms with Gasteiger partial charge in [0.15, 0.2) is 11.6 Å². The van der Waals surface area contributed by atoms with Gasteiger partial charge in [0.1, 0.15) is 0 Å². The number of esters is 2. The van der Waals surface area contributed by atoms with Gasteiger partial charge >= 0.3 is 11.9 Å². The number of hydrogen-bond donors (Lipinski definition) is 0. The van der Waals surface area contributed by atoms with Crippen LogP contribution in [-0.4, -0.2) is 28.0 Å². The maximum Gasteiger partial charge on any atom is 0.315 e. The van der Waals surface area contributed by atoms with Gasteiger partial charge in [-0.2, -0.15) is 0 Å². The summed E-state index contributed by atoms with van der Waals surface area (Å²) < 4.78 is 10.5. The average molecular weight is 439 g/mol. The lowest BCUT2D eigenvalue weighted by atomic mass is 10.1. The summed E-state index contributed by atoms with van der Waals surface area (Å²) in [6.07, 6.45) is 14.5. The first-order valence-electron chi connectivity index (χ1n) is 11.4. The van der Waals surface area contributed by atoms with Crippen molar-refractivity contribution in [2.75, 3.05) is 0 Å². The molecule has 1 unspecified atom stereocenters. The third-order valence-electron chi connectivity index (χ3n) is 4.95. The number of nitrogens with zero attached hydrogens (tertiary/aromatic N) is 2. The Morgan fingerprint density at radius 3 is 2.41 bits per heavy atom. The Morgan fingerprint density at radius 2 is 1.75 bits per heavy atom. The van der Waals surface area contributed by atoms with Crippen LogP contribution in [0.5, 0.6) is 5.75 Å². The second-order valence-electron chi connectivity index (χ2n) is 7.90. The van der Waals surface area contributed by atoms with Crippen molar-refractivity contribution in [3.05, 3.63) is 54.4 Å². The SMILES string of the molecule is CCCCCC/C=C\CC(=O)Oc1cnc(-c2ccc(CCC(C)OC(C)=O)cc2)nc1. The van der Waals surface area contributed by atoms with Crippen LogP contribution in [0.25, 0.3) is 11.4 Å². The zero-order valence-corrected chi connectivity index (χ0v) is 19.4. The molecule has 0 N–H and O–H groups in total. The number of rotatable bonds is 13. The van der Waals surface area contributed by atoms with Crippen LogP contribution in [0, 0.1) is 0 Å². The summed E-state index contributed by atoms with van der Waals surface area (Å²) in [7, 11) is 0. The molecule has 0 spiro atoms. The first-order valence-corrected chi connectivity index (χ1v) is 11.4. The van der Waals surface area contributed by atoms with Gasteiger partial charge in [-0.25, -0.2) is 9.97 Å². The molecule has 0 aliphatic carbocycles. The Balaban J connectivity index is 1.78. The third-order valence-corrected chi connectivity index (χ3v) is 4.95. The number of unbranched alkanes of at least 4 members (excludes halogenated alkanes) is 4. The third kappa shape index (κ3) is 9.86. The van der Waals surface area contributed by atoms with E-state index >= 15 is 0 Å². The molecule has 2 rings (SSSR count). The van der Waals surface area contributed by atoms with Crippen molar-refractivity contribution in [1.29, 1.82) is 0 Å². The summed E-state index contributed by atoms with van der Waals surface area (Å²) >= 11 is 0. The summed E-state index contributed by atoms with van der Waals surface area (Å²) in [4.78, 5) is 31.6. The van der Waals surface area contributed by atoms with E-state index in [0.29, 0.717) is 11.6 Å². The number of aryl methyl sites for hydroxylation is 1. The Hall–Kier alpha value is -3.02. The van der Waals surface area contributed by atoms with Gasteiger partial charge in [-0.1, -0.05) is 62.6 Å². The topological polar surface area (TPSA) is 78.4 Å². The summed E-state index contributed by atoms with van der Waals surface area (Å²) in [6.45, 7) is 5.50. The molecular formula is C26H34N2O4. The molecule has 0 aliphatic rings. The highest BCUT2D eigenvalue weighted by atomic mass is 16.5. The molecule has 0 radical (unpaired) electrons. The van der Waals surface area contributed by atoms with Crippen LogP contribution < -0.4 is 4.74 Å². The van der Waals surface area contributed by atoms with Gasteiger partial charge in [-0.05, 0) is 38.2 Å². The maximum atomic E-state index is 12.0. The molecule has 1 atom stereocenters. The lowest BCUT2D eigenvalue weighted by Gasteiger charge is -2.11. The molecule has 1 aromatic heterocycles. The fraction of sp³-hybridized carbons (Fsp3) is 0.462. The van der Waals surface area contributed by atoms with E-state index in [1.54, 1.807) is 0 Å². The van der Waals surface area contributed by atoms with Gasteiger partial charge in [-0.15, -0.1) is 0 Å². The zero-order chi connectivity index (χ0) is 23.2. The number of carbonyl (C=O) groups excluding carboxylic acids is 2. The number of aromatic nitrogens is 2. The molecule has 0 fully saturated rings. The van der Waals surface area contributed by atoms with Crippen LogP contribution in [0.3, 0.4) is 0 Å². The summed E-state index contributed by atoms with van der Waals surface area (Å²) in [5.74, 6) is 0.328. The van der Waals surface area contributed by atoms with Crippen LogP contribution in [0.2, 0.25) is 0 Å². The van der Waals surface area contributed by atoms with E-state index in [4.69, 9.17) is 9.47 Å². The Labute approximate surface area is 191 Å². The van der Waals surface area contributed by atoms with Crippen molar-refractivity contribution in [3.63, 3.8) is 0 Å². The van der Waals surface area contributed by atoms with Crippen molar-refractivity contribution < 1.29 is 19.1 Å². The molecule has 0 bridgehead atoms. The van der Waals surface area contributed by atoms with Crippen molar-refractivity contribution in [1.82, 2.24) is 9.97 Å². The van der Waals surface area contributed by atoms with Gasteiger partial charge in [0, 0.05) is 12.5 Å². The van der Waals surface area contributed by atoms with Gasteiger partial charge in [0.25, 0.3) is 0 Å². The molecule has 0 aliphatic heterocycles. The van der Waals surface area contributed by atoms with Gasteiger partial charge < -0.3 is 9.47 Å². The molecule has 1 aromatic carbocycles. The molecule has 1 heterocycles. The van der Waals surface area contributed by atoms with Crippen molar-refractivity contribution in [3.8, 4) is 17.1 Å². The van der Waals surface area contributed by atoms with E-state index in [-0.39, 0.29) is 24.5 Å². The molecular weight excluding hydrogens is 404 g/mol. The van der Waals surface area contributed by atoms with E-state index in [0.717, 1.165) is 36.8 Å². The van der Waals surface area contributed by atoms with E-state index in [2.05, 4.69) is 16.9 Å². The molecule has 2 aromatic rings. The zero-order valence-electron chi connectivity index (χ0n) is 19.4. The lowest BCUT2D eigenvalue weighted by Crippen LogP contribution is -2.12. The highest BCUT2D eigenvalue weighted by molar-refractivity contribution is 5.73. The van der Waals surface area contributed by atoms with Crippen molar-refractivity contribution in [2.45, 2.75) is 78.2 Å². The quantitative estimate of drug-likeness (QED) is 0.222. The van der Waals surface area contributed by atoms with Crippen LogP contribution in [-0.2, 0) is 20.7 Å². The van der Waals surface area contributed by atoms with Crippen LogP contribution in [0.15, 0.2) is 48.8 Å². The summed E-state index contributed by atoms with van der Waals surface area (Å²) in [5.41, 5.74) is 2.03. The van der Waals surface area contributed by atoms with E-state index < -0.39 is 0 Å². The van der Waals surface area contributed by atoms with Gasteiger partial charge in [0.05, 0.1) is 24.9 Å². The predicted octanol–water partition coefficient (Wildman–Crippen LogP) is 5.85. The second kappa shape index (κ2) is 14.1. The van der Waals surface area contributed by atoms with E-state index in [1.165, 1.54) is 38.6 Å². The van der Waals surface area contributed by atoms with Crippen molar-refractivity contribution >= 4 is 11.9 Å². The maximum absolute atomic E-state index is 12.0. The van der Waals surface area contributed by atoms with Gasteiger partial charge in [-0.3, -0.25) is 9.59 Å². The highest BCUT2D eigenvalue weighted by Crippen LogP contribution is 2.19. The standard InChI is InChI=1S/C26H34N2O4/c1-4-5-6-7-8-9-10-11-25(30)32-24-18-27-26(28-19-24)23-16-14-22(15-17-23)13-12-20(2)31-21(3)29/h9-10,14-20H,4-8,11-13H2,1-3H3/b10-9-. The highest BCUT2D eigenvalue weighted by Gasteiger charge is 2.08. The molecule has 6 heteroatoms. The van der Waals surface area contributed by atoms with Crippen LogP contribution >= 0.6 is 0 Å². The van der Waals surface area contributed by atoms with Crippen LogP contribution in [0.4, 0.5) is 0 Å². The summed E-state index contributed by atoms with van der Waals surface area (Å²) in [6, 6.07) is 7.94. The normalized spacial score (nSPS) is 12.0. The number of benzene rings is 1. The van der Waals surface area contributed by atoms with Gasteiger partial charge in [0.2, 0.25) is 0 Å². The Kier molecular flexibility index (Phi) is 11.1. The molecule has 6 nitrogen and oxygen atoms in total. The fourth-order valence-electron chi connectivity index (χ4n) is 3.21. The molecule has 172 valence electrons. The first-order chi connectivity index (χ1) is 15.5. The minimum atomic E-state index is -0.321. The van der Waals surface area contributed by atoms with E-state index in [1.807, 2.05) is 43.3 Å². The number of ether oxygens (including phenoxy) is 2. The van der Waals surface area contributed by atoms with Crippen molar-refractivity contribution in [2.24, 2.45) is 0 Å². The smallest absolute Gasteiger partial charge is 0.315 e. The second-order valence-corrected chi connectivity index (χ2v) is 7.90. The first kappa shape index (κ1) is 25.2. The largest absolute Gasteiger partial charge is 0.463 e. The molecule has 32 heavy (non-hydrogen) atoms. The Morgan fingerprint density at radius 1 is 1.03 bits per heavy atom. The number of carbonyl (C=O) groups is 2. The van der Waals surface area contributed by atoms with Crippen LogP contribution in [0.1, 0.15) is 71.3 Å². The molecule has 0 saturated heterocycles. The molecule has 0 amide bonds. The summed E-state index contributed by atoms with van der Waals surface area (Å²) in [5, 5.41) is 0. The fourth-order valence-corrected chi connectivity index (χ4v) is 3.21. The lowest BCUT2D eigenvalue weighted by molar-refractivity contribution is -0.145. The monoisotopic (exact) mass is 438 g/mol. The number of allylic oxidation sites excluding steroid dienone is 1. The van der Waals surface area contributed by atoms with E-state index in [9.17, 15) is 9.59 Å². The molecule has 0 saturated carbocycles. The Bertz CT molecular complexity index is 860. The average Bonchev–Trinajstić information content (AvgIpc) is 2.77. The minimum Gasteiger partial charge on any atom is -0.463 e. The number of hydrogen-bond acceptors (Lipinski definition) is 6. The predicted molar refractivity (Wildman–Crippen MR) is 125 cm³/mol.